The van der Waals surface area contributed by atoms with Gasteiger partial charge in [0.2, 0.25) is 0 Å². The van der Waals surface area contributed by atoms with Crippen LogP contribution >= 0.6 is 0 Å². The van der Waals surface area contributed by atoms with E-state index < -0.39 is 0 Å². The average molecular weight is 258 g/mol. The predicted molar refractivity (Wildman–Crippen MR) is 79.2 cm³/mol. The fraction of sp³-hybridized carbons (Fsp3) is 0.438. The molecule has 0 fully saturated rings. The fourth-order valence-electron chi connectivity index (χ4n) is 2.15. The van der Waals surface area contributed by atoms with E-state index in [2.05, 4.69) is 48.4 Å². The molecular formula is C16H22N2O. The lowest BCUT2D eigenvalue weighted by Gasteiger charge is -2.15. The molecule has 2 rings (SSSR count). The molecule has 0 bridgehead atoms. The molecule has 0 aliphatic carbocycles. The summed E-state index contributed by atoms with van der Waals surface area (Å²) in [5.41, 5.74) is 2.22. The van der Waals surface area contributed by atoms with Crippen LogP contribution in [0, 0.1) is 0 Å². The van der Waals surface area contributed by atoms with Gasteiger partial charge < -0.3 is 9.73 Å². The number of hydrogen-bond donors (Lipinski definition) is 1. The summed E-state index contributed by atoms with van der Waals surface area (Å²) < 4.78 is 5.27. The van der Waals surface area contributed by atoms with Crippen LogP contribution in [-0.4, -0.2) is 11.0 Å². The van der Waals surface area contributed by atoms with E-state index in [0.29, 0.717) is 6.04 Å². The van der Waals surface area contributed by atoms with E-state index in [1.54, 1.807) is 6.20 Å². The highest BCUT2D eigenvalue weighted by atomic mass is 16.3. The second kappa shape index (κ2) is 6.98. The van der Waals surface area contributed by atoms with E-state index in [-0.39, 0.29) is 0 Å². The summed E-state index contributed by atoms with van der Waals surface area (Å²) in [7, 11) is 0. The van der Waals surface area contributed by atoms with Crippen molar-refractivity contribution in [3.8, 4) is 11.3 Å². The van der Waals surface area contributed by atoms with E-state index in [1.165, 1.54) is 32.1 Å². The summed E-state index contributed by atoms with van der Waals surface area (Å²) in [4.78, 5) is 3.93. The molecule has 1 N–H and O–H groups in total. The Kier molecular flexibility index (Phi) is 5.01. The third-order valence-electron chi connectivity index (χ3n) is 3.26. The van der Waals surface area contributed by atoms with Crippen molar-refractivity contribution in [1.82, 2.24) is 4.98 Å². The van der Waals surface area contributed by atoms with Gasteiger partial charge in [-0.2, -0.15) is 0 Å². The maximum absolute atomic E-state index is 5.27. The van der Waals surface area contributed by atoms with Crippen LogP contribution in [-0.2, 0) is 0 Å². The molecule has 0 aliphatic rings. The zero-order valence-corrected chi connectivity index (χ0v) is 11.7. The number of oxazole rings is 1. The average Bonchev–Trinajstić information content (AvgIpc) is 2.94. The number of rotatable bonds is 7. The van der Waals surface area contributed by atoms with E-state index in [1.807, 2.05) is 0 Å². The molecular weight excluding hydrogens is 236 g/mol. The molecule has 1 unspecified atom stereocenters. The highest BCUT2D eigenvalue weighted by Gasteiger charge is 2.04. The number of nitrogens with one attached hydrogen (secondary N) is 1. The van der Waals surface area contributed by atoms with Crippen LogP contribution in [0.4, 0.5) is 5.69 Å². The highest BCUT2D eigenvalue weighted by molar-refractivity contribution is 5.60. The van der Waals surface area contributed by atoms with E-state index in [4.69, 9.17) is 4.42 Å². The minimum atomic E-state index is 0.516. The Morgan fingerprint density at radius 2 is 2.00 bits per heavy atom. The zero-order valence-electron chi connectivity index (χ0n) is 11.7. The van der Waals surface area contributed by atoms with Crippen molar-refractivity contribution in [3.05, 3.63) is 36.9 Å². The lowest BCUT2D eigenvalue weighted by Crippen LogP contribution is -2.14. The van der Waals surface area contributed by atoms with Gasteiger partial charge in [-0.25, -0.2) is 4.98 Å². The van der Waals surface area contributed by atoms with Crippen LogP contribution in [0.5, 0.6) is 0 Å². The van der Waals surface area contributed by atoms with Crippen molar-refractivity contribution in [2.45, 2.75) is 45.6 Å². The van der Waals surface area contributed by atoms with Gasteiger partial charge in [-0.05, 0) is 37.6 Å². The van der Waals surface area contributed by atoms with Crippen molar-refractivity contribution in [1.29, 1.82) is 0 Å². The Bertz CT molecular complexity index is 462. The molecule has 1 aromatic heterocycles. The van der Waals surface area contributed by atoms with E-state index >= 15 is 0 Å². The minimum absolute atomic E-state index is 0.516. The summed E-state index contributed by atoms with van der Waals surface area (Å²) in [6.45, 7) is 4.47. The monoisotopic (exact) mass is 258 g/mol. The SMILES string of the molecule is CCCCCC(C)Nc1ccc(-c2cnco2)cc1. The Morgan fingerprint density at radius 1 is 1.21 bits per heavy atom. The number of benzene rings is 1. The molecule has 2 aromatic rings. The molecule has 19 heavy (non-hydrogen) atoms. The van der Waals surface area contributed by atoms with Crippen LogP contribution in [0.15, 0.2) is 41.3 Å². The van der Waals surface area contributed by atoms with Gasteiger partial charge in [0.15, 0.2) is 12.2 Å². The second-order valence-electron chi connectivity index (χ2n) is 4.98. The van der Waals surface area contributed by atoms with Gasteiger partial charge in [-0.15, -0.1) is 0 Å². The Hall–Kier alpha value is -1.77. The Labute approximate surface area is 115 Å². The molecule has 0 saturated carbocycles. The molecule has 1 atom stereocenters. The van der Waals surface area contributed by atoms with Gasteiger partial charge in [0, 0.05) is 17.3 Å². The summed E-state index contributed by atoms with van der Waals surface area (Å²) in [6, 6.07) is 8.81. The van der Waals surface area contributed by atoms with Crippen LogP contribution in [0.25, 0.3) is 11.3 Å². The first-order valence-electron chi connectivity index (χ1n) is 7.05. The summed E-state index contributed by atoms with van der Waals surface area (Å²) in [5, 5.41) is 3.53. The zero-order chi connectivity index (χ0) is 13.5. The van der Waals surface area contributed by atoms with Crippen LogP contribution in [0.1, 0.15) is 39.5 Å². The minimum Gasteiger partial charge on any atom is -0.444 e. The topological polar surface area (TPSA) is 38.1 Å². The number of hydrogen-bond acceptors (Lipinski definition) is 3. The first kappa shape index (κ1) is 13.7. The van der Waals surface area contributed by atoms with Crippen molar-refractivity contribution in [2.24, 2.45) is 0 Å². The predicted octanol–water partition coefficient (Wildman–Crippen LogP) is 4.72. The second-order valence-corrected chi connectivity index (χ2v) is 4.98. The largest absolute Gasteiger partial charge is 0.444 e. The maximum Gasteiger partial charge on any atom is 0.181 e. The first-order valence-corrected chi connectivity index (χ1v) is 7.05. The van der Waals surface area contributed by atoms with Crippen molar-refractivity contribution >= 4 is 5.69 Å². The standard InChI is InChI=1S/C16H22N2O/c1-3-4-5-6-13(2)18-15-9-7-14(8-10-15)16-11-17-12-19-16/h7-13,18H,3-6H2,1-2H3. The summed E-state index contributed by atoms with van der Waals surface area (Å²) in [6.07, 6.45) is 8.29. The van der Waals surface area contributed by atoms with Crippen LogP contribution < -0.4 is 5.32 Å². The molecule has 1 aromatic carbocycles. The molecule has 0 amide bonds. The highest BCUT2D eigenvalue weighted by Crippen LogP contribution is 2.21. The van der Waals surface area contributed by atoms with Gasteiger partial charge in [0.1, 0.15) is 0 Å². The maximum atomic E-state index is 5.27. The van der Waals surface area contributed by atoms with Crippen molar-refractivity contribution in [2.75, 3.05) is 5.32 Å². The van der Waals surface area contributed by atoms with Gasteiger partial charge in [-0.1, -0.05) is 26.2 Å². The van der Waals surface area contributed by atoms with Gasteiger partial charge in [-0.3, -0.25) is 0 Å². The van der Waals surface area contributed by atoms with Crippen molar-refractivity contribution < 1.29 is 4.42 Å². The molecule has 0 saturated heterocycles. The molecule has 0 spiro atoms. The molecule has 0 radical (unpaired) electrons. The number of aromatic nitrogens is 1. The Morgan fingerprint density at radius 3 is 2.63 bits per heavy atom. The molecule has 0 aliphatic heterocycles. The van der Waals surface area contributed by atoms with Gasteiger partial charge in [0.25, 0.3) is 0 Å². The lowest BCUT2D eigenvalue weighted by molar-refractivity contribution is 0.572. The lowest BCUT2D eigenvalue weighted by atomic mass is 10.1. The van der Waals surface area contributed by atoms with Gasteiger partial charge in [0.05, 0.1) is 6.20 Å². The quantitative estimate of drug-likeness (QED) is 0.730. The third kappa shape index (κ3) is 4.12. The number of anilines is 1. The number of nitrogens with zero attached hydrogens (tertiary/aromatic N) is 1. The Balaban J connectivity index is 1.88. The smallest absolute Gasteiger partial charge is 0.181 e. The normalized spacial score (nSPS) is 12.3. The molecule has 3 heteroatoms. The molecule has 102 valence electrons. The van der Waals surface area contributed by atoms with Crippen molar-refractivity contribution in [3.63, 3.8) is 0 Å². The van der Waals surface area contributed by atoms with Gasteiger partial charge >= 0.3 is 0 Å². The third-order valence-corrected chi connectivity index (χ3v) is 3.26. The van der Waals surface area contributed by atoms with E-state index in [0.717, 1.165) is 17.0 Å². The summed E-state index contributed by atoms with van der Waals surface area (Å²) in [5.74, 6) is 0.808. The van der Waals surface area contributed by atoms with E-state index in [9.17, 15) is 0 Å². The van der Waals surface area contributed by atoms with Crippen LogP contribution in [0.3, 0.4) is 0 Å². The molecule has 3 nitrogen and oxygen atoms in total. The summed E-state index contributed by atoms with van der Waals surface area (Å²) >= 11 is 0. The fourth-order valence-corrected chi connectivity index (χ4v) is 2.15. The number of unbranched alkanes of at least 4 members (excludes halogenated alkanes) is 2. The van der Waals surface area contributed by atoms with Crippen LogP contribution in [0.2, 0.25) is 0 Å². The molecule has 1 heterocycles. The first-order chi connectivity index (χ1) is 9.29.